The maximum absolute atomic E-state index is 12.6. The summed E-state index contributed by atoms with van der Waals surface area (Å²) in [6, 6.07) is 13.8. The van der Waals surface area contributed by atoms with E-state index in [2.05, 4.69) is 15.0 Å². The van der Waals surface area contributed by atoms with Crippen molar-refractivity contribution in [2.24, 2.45) is 4.99 Å². The molecular formula is C19H18F2N2O2S2. The van der Waals surface area contributed by atoms with Gasteiger partial charge in [0, 0.05) is 29.2 Å². The van der Waals surface area contributed by atoms with Gasteiger partial charge < -0.3 is 10.1 Å². The first-order valence-corrected chi connectivity index (χ1v) is 10.3. The minimum Gasteiger partial charge on any atom is -0.434 e. The van der Waals surface area contributed by atoms with Crippen molar-refractivity contribution in [2.45, 2.75) is 18.9 Å². The molecule has 3 rings (SSSR count). The van der Waals surface area contributed by atoms with Gasteiger partial charge in [-0.15, -0.1) is 0 Å². The van der Waals surface area contributed by atoms with Crippen LogP contribution in [0.4, 0.5) is 8.78 Å². The Bertz CT molecular complexity index is 831. The topological polar surface area (TPSA) is 50.7 Å². The van der Waals surface area contributed by atoms with Crippen LogP contribution < -0.4 is 10.1 Å². The van der Waals surface area contributed by atoms with Crippen molar-refractivity contribution in [1.82, 2.24) is 5.32 Å². The first kappa shape index (κ1) is 19.7. The molecular weight excluding hydrogens is 390 g/mol. The normalized spacial score (nSPS) is 13.5. The fraction of sp³-hybridized carbons (Fsp3) is 0.263. The lowest BCUT2D eigenvalue weighted by Crippen LogP contribution is -2.24. The van der Waals surface area contributed by atoms with Crippen molar-refractivity contribution in [2.75, 3.05) is 12.3 Å². The van der Waals surface area contributed by atoms with Gasteiger partial charge in [0.2, 0.25) is 0 Å². The van der Waals surface area contributed by atoms with Crippen molar-refractivity contribution < 1.29 is 18.3 Å². The molecule has 142 valence electrons. The van der Waals surface area contributed by atoms with Crippen LogP contribution in [0.1, 0.15) is 21.5 Å². The number of benzene rings is 2. The number of halogens is 2. The average molecular weight is 408 g/mol. The zero-order valence-electron chi connectivity index (χ0n) is 14.4. The minimum absolute atomic E-state index is 0.0629. The smallest absolute Gasteiger partial charge is 0.387 e. The summed E-state index contributed by atoms with van der Waals surface area (Å²) in [5.74, 6) is 1.47. The van der Waals surface area contributed by atoms with Crippen LogP contribution in [0.25, 0.3) is 0 Å². The molecule has 0 aromatic heterocycles. The van der Waals surface area contributed by atoms with Gasteiger partial charge in [-0.2, -0.15) is 8.78 Å². The van der Waals surface area contributed by atoms with Gasteiger partial charge in [0.05, 0.1) is 6.54 Å². The Morgan fingerprint density at radius 1 is 1.19 bits per heavy atom. The monoisotopic (exact) mass is 408 g/mol. The number of carbonyl (C=O) groups excluding carboxylic acids is 1. The molecule has 0 spiro atoms. The van der Waals surface area contributed by atoms with Crippen LogP contribution in [0.15, 0.2) is 53.5 Å². The largest absolute Gasteiger partial charge is 0.434 e. The van der Waals surface area contributed by atoms with Gasteiger partial charge in [-0.25, -0.2) is 0 Å². The van der Waals surface area contributed by atoms with Crippen molar-refractivity contribution >= 4 is 33.8 Å². The van der Waals surface area contributed by atoms with Gasteiger partial charge in [0.15, 0.2) is 0 Å². The third kappa shape index (κ3) is 5.71. The average Bonchev–Trinajstić information content (AvgIpc) is 3.19. The molecule has 1 N–H and O–H groups in total. The van der Waals surface area contributed by atoms with Crippen molar-refractivity contribution in [1.29, 1.82) is 0 Å². The molecule has 1 aliphatic heterocycles. The SMILES string of the molecule is O=C(NCc1ccccc1OC(F)F)c1ccccc1CSC1=NCCS1. The van der Waals surface area contributed by atoms with E-state index in [0.29, 0.717) is 16.9 Å². The molecule has 0 saturated heterocycles. The summed E-state index contributed by atoms with van der Waals surface area (Å²) in [5.41, 5.74) is 1.97. The number of para-hydroxylation sites is 1. The Balaban J connectivity index is 1.65. The summed E-state index contributed by atoms with van der Waals surface area (Å²) in [6.45, 7) is -1.96. The third-order valence-corrected chi connectivity index (χ3v) is 6.10. The van der Waals surface area contributed by atoms with Gasteiger partial charge in [0.25, 0.3) is 5.91 Å². The van der Waals surface area contributed by atoms with E-state index in [0.717, 1.165) is 22.2 Å². The van der Waals surface area contributed by atoms with Gasteiger partial charge in [-0.05, 0) is 17.7 Å². The molecule has 0 fully saturated rings. The second-order valence-electron chi connectivity index (χ2n) is 5.61. The number of ether oxygens (including phenoxy) is 1. The number of carbonyl (C=O) groups is 1. The lowest BCUT2D eigenvalue weighted by atomic mass is 10.1. The van der Waals surface area contributed by atoms with E-state index in [9.17, 15) is 13.6 Å². The molecule has 1 heterocycles. The molecule has 4 nitrogen and oxygen atoms in total. The standard InChI is InChI=1S/C19H18F2N2O2S2/c20-18(21)25-16-8-4-2-5-13(16)11-23-17(24)15-7-3-1-6-14(15)12-27-19-22-9-10-26-19/h1-8,18H,9-12H2,(H,23,24). The molecule has 0 saturated carbocycles. The van der Waals surface area contributed by atoms with E-state index < -0.39 is 6.61 Å². The molecule has 0 unspecified atom stereocenters. The van der Waals surface area contributed by atoms with Crippen molar-refractivity contribution in [3.63, 3.8) is 0 Å². The fourth-order valence-corrected chi connectivity index (χ4v) is 4.55. The quantitative estimate of drug-likeness (QED) is 0.730. The van der Waals surface area contributed by atoms with Crippen LogP contribution in [-0.4, -0.2) is 29.2 Å². The number of amides is 1. The molecule has 0 atom stereocenters. The van der Waals surface area contributed by atoms with E-state index in [-0.39, 0.29) is 18.2 Å². The number of rotatable bonds is 7. The highest BCUT2D eigenvalue weighted by molar-refractivity contribution is 8.38. The Labute approximate surface area is 164 Å². The Morgan fingerprint density at radius 2 is 1.93 bits per heavy atom. The van der Waals surface area contributed by atoms with Crippen LogP contribution in [-0.2, 0) is 12.3 Å². The Morgan fingerprint density at radius 3 is 2.67 bits per heavy atom. The number of thioether (sulfide) groups is 2. The Kier molecular flexibility index (Phi) is 7.11. The van der Waals surface area contributed by atoms with Crippen LogP contribution in [0.5, 0.6) is 5.75 Å². The van der Waals surface area contributed by atoms with Crippen LogP contribution in [0.2, 0.25) is 0 Å². The zero-order chi connectivity index (χ0) is 19.1. The predicted molar refractivity (Wildman–Crippen MR) is 107 cm³/mol. The van der Waals surface area contributed by atoms with Gasteiger partial charge in [-0.1, -0.05) is 59.9 Å². The summed E-state index contributed by atoms with van der Waals surface area (Å²) < 4.78 is 30.6. The van der Waals surface area contributed by atoms with Crippen LogP contribution in [0.3, 0.4) is 0 Å². The molecule has 0 bridgehead atoms. The van der Waals surface area contributed by atoms with E-state index in [1.165, 1.54) is 6.07 Å². The first-order valence-electron chi connectivity index (χ1n) is 8.32. The van der Waals surface area contributed by atoms with Crippen molar-refractivity contribution in [3.8, 4) is 5.75 Å². The van der Waals surface area contributed by atoms with Gasteiger partial charge in [-0.3, -0.25) is 9.79 Å². The molecule has 1 amide bonds. The molecule has 1 aliphatic rings. The van der Waals surface area contributed by atoms with E-state index >= 15 is 0 Å². The second-order valence-corrected chi connectivity index (χ2v) is 7.92. The molecule has 27 heavy (non-hydrogen) atoms. The predicted octanol–water partition coefficient (Wildman–Crippen LogP) is 4.55. The minimum atomic E-state index is -2.91. The number of alkyl halides is 2. The van der Waals surface area contributed by atoms with Gasteiger partial charge >= 0.3 is 6.61 Å². The maximum Gasteiger partial charge on any atom is 0.387 e. The third-order valence-electron chi connectivity index (χ3n) is 3.80. The number of aliphatic imine (C=N–C) groups is 1. The second kappa shape index (κ2) is 9.75. The maximum atomic E-state index is 12.6. The summed E-state index contributed by atoms with van der Waals surface area (Å²) in [4.78, 5) is 17.0. The van der Waals surface area contributed by atoms with Crippen molar-refractivity contribution in [3.05, 3.63) is 65.2 Å². The zero-order valence-corrected chi connectivity index (χ0v) is 16.0. The lowest BCUT2D eigenvalue weighted by Gasteiger charge is -2.13. The van der Waals surface area contributed by atoms with Crippen LogP contribution in [0, 0.1) is 0 Å². The molecule has 8 heteroatoms. The number of hydrogen-bond donors (Lipinski definition) is 1. The van der Waals surface area contributed by atoms with E-state index in [1.54, 1.807) is 53.9 Å². The van der Waals surface area contributed by atoms with E-state index in [1.807, 2.05) is 12.1 Å². The van der Waals surface area contributed by atoms with Gasteiger partial charge in [0.1, 0.15) is 10.1 Å². The highest BCUT2D eigenvalue weighted by Crippen LogP contribution is 2.26. The molecule has 2 aromatic carbocycles. The first-order chi connectivity index (χ1) is 13.1. The summed E-state index contributed by atoms with van der Waals surface area (Å²) >= 11 is 3.35. The van der Waals surface area contributed by atoms with E-state index in [4.69, 9.17) is 0 Å². The highest BCUT2D eigenvalue weighted by atomic mass is 32.2. The number of nitrogens with zero attached hydrogens (tertiary/aromatic N) is 1. The molecule has 2 aromatic rings. The number of hydrogen-bond acceptors (Lipinski definition) is 5. The Hall–Kier alpha value is -2.06. The van der Waals surface area contributed by atoms with Crippen LogP contribution >= 0.6 is 23.5 Å². The molecule has 0 aliphatic carbocycles. The summed E-state index contributed by atoms with van der Waals surface area (Å²) in [7, 11) is 0. The summed E-state index contributed by atoms with van der Waals surface area (Å²) in [6.07, 6.45) is 0. The highest BCUT2D eigenvalue weighted by Gasteiger charge is 2.15. The summed E-state index contributed by atoms with van der Waals surface area (Å²) in [5, 5.41) is 2.79. The number of nitrogens with one attached hydrogen (secondary N) is 1. The molecule has 0 radical (unpaired) electrons. The lowest BCUT2D eigenvalue weighted by molar-refractivity contribution is -0.0504. The fourth-order valence-electron chi connectivity index (χ4n) is 2.54.